The molecule has 0 aromatic heterocycles. The van der Waals surface area contributed by atoms with Crippen molar-refractivity contribution in [1.29, 1.82) is 0 Å². The monoisotopic (exact) mass is 285 g/mol. The van der Waals surface area contributed by atoms with Gasteiger partial charge in [0.2, 0.25) is 0 Å². The van der Waals surface area contributed by atoms with Crippen molar-refractivity contribution in [2.75, 3.05) is 11.5 Å². The van der Waals surface area contributed by atoms with Gasteiger partial charge >= 0.3 is 6.09 Å². The van der Waals surface area contributed by atoms with Gasteiger partial charge in [0.05, 0.1) is 18.0 Å². The number of benzene rings is 2. The van der Waals surface area contributed by atoms with E-state index in [4.69, 9.17) is 4.74 Å². The summed E-state index contributed by atoms with van der Waals surface area (Å²) >= 11 is 0. The van der Waals surface area contributed by atoms with E-state index in [1.165, 1.54) is 11.0 Å². The number of para-hydroxylation sites is 2. The molecule has 108 valence electrons. The number of anilines is 2. The van der Waals surface area contributed by atoms with Crippen molar-refractivity contribution in [3.63, 3.8) is 0 Å². The van der Waals surface area contributed by atoms with E-state index >= 15 is 0 Å². The van der Waals surface area contributed by atoms with Crippen LogP contribution in [0.15, 0.2) is 48.5 Å². The van der Waals surface area contributed by atoms with Gasteiger partial charge in [0.1, 0.15) is 12.0 Å². The van der Waals surface area contributed by atoms with Crippen LogP contribution in [-0.2, 0) is 4.74 Å². The summed E-state index contributed by atoms with van der Waals surface area (Å²) in [7, 11) is 0. The molecule has 1 N–H and O–H groups in total. The van der Waals surface area contributed by atoms with Crippen molar-refractivity contribution in [3.05, 3.63) is 54.1 Å². The van der Waals surface area contributed by atoms with E-state index in [0.29, 0.717) is 16.9 Å². The van der Waals surface area contributed by atoms with Gasteiger partial charge in [-0.1, -0.05) is 12.1 Å². The SMILES string of the molecule is CCOC(=O)N(c1ccc(C=O)cc1)c1ccccc1O. The second-order valence-corrected chi connectivity index (χ2v) is 4.23. The normalized spacial score (nSPS) is 9.95. The Kier molecular flexibility index (Phi) is 4.56. The summed E-state index contributed by atoms with van der Waals surface area (Å²) in [5, 5.41) is 9.95. The molecule has 0 aliphatic heterocycles. The third-order valence-corrected chi connectivity index (χ3v) is 2.86. The van der Waals surface area contributed by atoms with Crippen molar-refractivity contribution in [1.82, 2.24) is 0 Å². The van der Waals surface area contributed by atoms with Gasteiger partial charge < -0.3 is 9.84 Å². The molecule has 2 aromatic rings. The maximum Gasteiger partial charge on any atom is 0.419 e. The number of ether oxygens (including phenoxy) is 1. The zero-order valence-electron chi connectivity index (χ0n) is 11.5. The zero-order valence-corrected chi connectivity index (χ0v) is 11.5. The Morgan fingerprint density at radius 1 is 1.19 bits per heavy atom. The maximum atomic E-state index is 12.2. The molecule has 0 radical (unpaired) electrons. The quantitative estimate of drug-likeness (QED) is 0.873. The molecule has 0 fully saturated rings. The van der Waals surface area contributed by atoms with Crippen molar-refractivity contribution in [3.8, 4) is 5.75 Å². The van der Waals surface area contributed by atoms with Gasteiger partial charge in [-0.2, -0.15) is 0 Å². The van der Waals surface area contributed by atoms with Crippen LogP contribution in [0.3, 0.4) is 0 Å². The number of aldehydes is 1. The highest BCUT2D eigenvalue weighted by molar-refractivity contribution is 5.97. The minimum absolute atomic E-state index is 0.0370. The molecule has 0 unspecified atom stereocenters. The third-order valence-electron chi connectivity index (χ3n) is 2.86. The fourth-order valence-corrected chi connectivity index (χ4v) is 1.89. The molecule has 0 saturated carbocycles. The van der Waals surface area contributed by atoms with Gasteiger partial charge in [-0.25, -0.2) is 9.69 Å². The summed E-state index contributed by atoms with van der Waals surface area (Å²) in [5.74, 6) is -0.0370. The second kappa shape index (κ2) is 6.56. The lowest BCUT2D eigenvalue weighted by molar-refractivity contribution is 0.112. The highest BCUT2D eigenvalue weighted by atomic mass is 16.6. The second-order valence-electron chi connectivity index (χ2n) is 4.23. The molecule has 5 heteroatoms. The Labute approximate surface area is 122 Å². The molecular weight excluding hydrogens is 270 g/mol. The molecule has 2 aromatic carbocycles. The average molecular weight is 285 g/mol. The summed E-state index contributed by atoms with van der Waals surface area (Å²) in [6.07, 6.45) is 0.121. The lowest BCUT2D eigenvalue weighted by Crippen LogP contribution is -2.26. The molecule has 0 atom stereocenters. The molecule has 0 spiro atoms. The number of rotatable bonds is 4. The van der Waals surface area contributed by atoms with Crippen LogP contribution in [0.25, 0.3) is 0 Å². The molecule has 2 rings (SSSR count). The Hall–Kier alpha value is -2.82. The lowest BCUT2D eigenvalue weighted by atomic mass is 10.2. The topological polar surface area (TPSA) is 66.8 Å². The predicted octanol–water partition coefficient (Wildman–Crippen LogP) is 3.50. The molecule has 0 heterocycles. The highest BCUT2D eigenvalue weighted by Gasteiger charge is 2.21. The van der Waals surface area contributed by atoms with Gasteiger partial charge in [-0.15, -0.1) is 0 Å². The van der Waals surface area contributed by atoms with E-state index < -0.39 is 6.09 Å². The van der Waals surface area contributed by atoms with Crippen molar-refractivity contribution in [2.24, 2.45) is 0 Å². The van der Waals surface area contributed by atoms with Crippen LogP contribution in [0.5, 0.6) is 5.75 Å². The summed E-state index contributed by atoms with van der Waals surface area (Å²) in [6, 6.07) is 12.9. The molecular formula is C16H15NO4. The van der Waals surface area contributed by atoms with Gasteiger partial charge in [-0.3, -0.25) is 4.79 Å². The van der Waals surface area contributed by atoms with Crippen molar-refractivity contribution < 1.29 is 19.4 Å². The zero-order chi connectivity index (χ0) is 15.2. The van der Waals surface area contributed by atoms with Crippen LogP contribution in [0.1, 0.15) is 17.3 Å². The van der Waals surface area contributed by atoms with Crippen LogP contribution in [0.2, 0.25) is 0 Å². The largest absolute Gasteiger partial charge is 0.506 e. The molecule has 0 saturated heterocycles. The molecule has 5 nitrogen and oxygen atoms in total. The predicted molar refractivity (Wildman–Crippen MR) is 79.1 cm³/mol. The molecule has 0 aliphatic rings. The summed E-state index contributed by atoms with van der Waals surface area (Å²) in [6.45, 7) is 1.92. The first-order valence-corrected chi connectivity index (χ1v) is 6.47. The van der Waals surface area contributed by atoms with E-state index in [1.807, 2.05) is 0 Å². The van der Waals surface area contributed by atoms with E-state index in [9.17, 15) is 14.7 Å². The standard InChI is InChI=1S/C16H15NO4/c1-2-21-16(20)17(14-5-3-4-6-15(14)19)13-9-7-12(11-18)8-10-13/h3-11,19H,2H2,1H3. The Balaban J connectivity index is 2.47. The molecule has 0 aliphatic carbocycles. The average Bonchev–Trinajstić information content (AvgIpc) is 2.50. The Bertz CT molecular complexity index is 637. The molecule has 1 amide bonds. The van der Waals surface area contributed by atoms with Gasteiger partial charge in [0, 0.05) is 5.56 Å². The highest BCUT2D eigenvalue weighted by Crippen LogP contribution is 2.33. The summed E-state index contributed by atoms with van der Waals surface area (Å²) in [5.41, 5.74) is 1.31. The van der Waals surface area contributed by atoms with Gasteiger partial charge in [0.15, 0.2) is 0 Å². The summed E-state index contributed by atoms with van der Waals surface area (Å²) < 4.78 is 5.03. The van der Waals surface area contributed by atoms with Crippen LogP contribution in [0, 0.1) is 0 Å². The number of amides is 1. The summed E-state index contributed by atoms with van der Waals surface area (Å²) in [4.78, 5) is 24.1. The van der Waals surface area contributed by atoms with Crippen LogP contribution < -0.4 is 4.90 Å². The van der Waals surface area contributed by atoms with E-state index in [1.54, 1.807) is 49.4 Å². The van der Waals surface area contributed by atoms with E-state index in [2.05, 4.69) is 0 Å². The Morgan fingerprint density at radius 2 is 1.86 bits per heavy atom. The number of carbonyl (C=O) groups excluding carboxylic acids is 2. The first-order valence-electron chi connectivity index (χ1n) is 6.47. The number of phenolic OH excluding ortho intramolecular Hbond substituents is 1. The first kappa shape index (κ1) is 14.6. The number of hydrogen-bond donors (Lipinski definition) is 1. The van der Waals surface area contributed by atoms with Crippen LogP contribution >= 0.6 is 0 Å². The van der Waals surface area contributed by atoms with Crippen LogP contribution in [0.4, 0.5) is 16.2 Å². The van der Waals surface area contributed by atoms with Crippen molar-refractivity contribution >= 4 is 23.8 Å². The number of aromatic hydroxyl groups is 1. The maximum absolute atomic E-state index is 12.2. The fourth-order valence-electron chi connectivity index (χ4n) is 1.89. The minimum atomic E-state index is -0.599. The van der Waals surface area contributed by atoms with E-state index in [0.717, 1.165) is 6.29 Å². The Morgan fingerprint density at radius 3 is 2.43 bits per heavy atom. The smallest absolute Gasteiger partial charge is 0.419 e. The number of phenols is 1. The lowest BCUT2D eigenvalue weighted by Gasteiger charge is -2.22. The number of hydrogen-bond acceptors (Lipinski definition) is 4. The molecule has 21 heavy (non-hydrogen) atoms. The number of carbonyl (C=O) groups is 2. The van der Waals surface area contributed by atoms with E-state index in [-0.39, 0.29) is 12.4 Å². The molecule has 0 bridgehead atoms. The third kappa shape index (κ3) is 3.20. The number of nitrogens with zero attached hydrogens (tertiary/aromatic N) is 1. The van der Waals surface area contributed by atoms with Gasteiger partial charge in [0.25, 0.3) is 0 Å². The van der Waals surface area contributed by atoms with Gasteiger partial charge in [-0.05, 0) is 43.3 Å². The first-order chi connectivity index (χ1) is 10.2. The van der Waals surface area contributed by atoms with Crippen molar-refractivity contribution in [2.45, 2.75) is 6.92 Å². The minimum Gasteiger partial charge on any atom is -0.506 e. The fraction of sp³-hybridized carbons (Fsp3) is 0.125. The van der Waals surface area contributed by atoms with Crippen LogP contribution in [-0.4, -0.2) is 24.1 Å².